The first-order chi connectivity index (χ1) is 7.95. The lowest BCUT2D eigenvalue weighted by Gasteiger charge is -2.23. The fraction of sp³-hybridized carbons (Fsp3) is 0.462. The average molecular weight is 254 g/mol. The van der Waals surface area contributed by atoms with Gasteiger partial charge in [-0.3, -0.25) is 0 Å². The maximum Gasteiger partial charge on any atom is 0.147 e. The Morgan fingerprint density at radius 1 is 1.53 bits per heavy atom. The molecule has 0 saturated heterocycles. The summed E-state index contributed by atoms with van der Waals surface area (Å²) in [7, 11) is 1.89. The summed E-state index contributed by atoms with van der Waals surface area (Å²) in [5.74, 6) is 0.260. The molecule has 0 saturated carbocycles. The van der Waals surface area contributed by atoms with Gasteiger partial charge in [0.25, 0.3) is 0 Å². The molecule has 2 N–H and O–H groups in total. The summed E-state index contributed by atoms with van der Waals surface area (Å²) in [4.78, 5) is 2.15. The minimum atomic E-state index is -0.277. The maximum atomic E-state index is 13.9. The van der Waals surface area contributed by atoms with Gasteiger partial charge in [0.2, 0.25) is 0 Å². The minimum Gasteiger partial charge on any atom is -0.389 e. The number of benzene rings is 1. The molecule has 0 bridgehead atoms. The van der Waals surface area contributed by atoms with Gasteiger partial charge in [0.05, 0.1) is 5.69 Å². The Morgan fingerprint density at radius 2 is 2.18 bits per heavy atom. The first-order valence-corrected chi connectivity index (χ1v) is 6.17. The first-order valence-electron chi connectivity index (χ1n) is 5.76. The lowest BCUT2D eigenvalue weighted by atomic mass is 10.1. The summed E-state index contributed by atoms with van der Waals surface area (Å²) in [5, 5.41) is 0. The monoisotopic (exact) mass is 254 g/mol. The van der Waals surface area contributed by atoms with Crippen LogP contribution in [0.3, 0.4) is 0 Å². The number of thiocarbonyl (C=S) groups is 1. The molecule has 0 heterocycles. The molecule has 0 aliphatic rings. The smallest absolute Gasteiger partial charge is 0.147 e. The molecule has 4 heteroatoms. The molecule has 17 heavy (non-hydrogen) atoms. The molecule has 0 spiro atoms. The van der Waals surface area contributed by atoms with Crippen LogP contribution < -0.4 is 10.6 Å². The van der Waals surface area contributed by atoms with E-state index in [-0.39, 0.29) is 10.8 Å². The van der Waals surface area contributed by atoms with Gasteiger partial charge in [-0.1, -0.05) is 32.5 Å². The molecule has 94 valence electrons. The second-order valence-corrected chi connectivity index (χ2v) is 4.86. The summed E-state index contributed by atoms with van der Waals surface area (Å²) in [6, 6.07) is 4.88. The Hall–Kier alpha value is -1.16. The van der Waals surface area contributed by atoms with Gasteiger partial charge in [-0.25, -0.2) is 4.39 Å². The number of rotatable bonds is 5. The zero-order chi connectivity index (χ0) is 13.0. The van der Waals surface area contributed by atoms with E-state index in [2.05, 4.69) is 13.8 Å². The topological polar surface area (TPSA) is 29.3 Å². The summed E-state index contributed by atoms with van der Waals surface area (Å²) in [6.07, 6.45) is 1.08. The molecular weight excluding hydrogens is 235 g/mol. The van der Waals surface area contributed by atoms with Crippen LogP contribution in [-0.2, 0) is 0 Å². The third kappa shape index (κ3) is 3.66. The van der Waals surface area contributed by atoms with Gasteiger partial charge in [-0.2, -0.15) is 0 Å². The Morgan fingerprint density at radius 3 is 2.65 bits per heavy atom. The van der Waals surface area contributed by atoms with Crippen LogP contribution in [0.1, 0.15) is 25.8 Å². The zero-order valence-electron chi connectivity index (χ0n) is 10.5. The third-order valence-corrected chi connectivity index (χ3v) is 3.16. The molecule has 0 fully saturated rings. The molecule has 0 radical (unpaired) electrons. The average Bonchev–Trinajstić information content (AvgIpc) is 2.28. The standard InChI is InChI=1S/C13H19FN2S/c1-4-9(2)8-16(3)12-6-5-10(13(15)17)7-11(12)14/h5-7,9H,4,8H2,1-3H3,(H2,15,17). The van der Waals surface area contributed by atoms with E-state index < -0.39 is 0 Å². The van der Waals surface area contributed by atoms with Gasteiger partial charge in [0, 0.05) is 19.2 Å². The molecule has 0 aromatic heterocycles. The fourth-order valence-corrected chi connectivity index (χ4v) is 1.79. The van der Waals surface area contributed by atoms with E-state index in [4.69, 9.17) is 18.0 Å². The molecule has 0 amide bonds. The quantitative estimate of drug-likeness (QED) is 0.819. The molecule has 1 atom stereocenters. The van der Waals surface area contributed by atoms with Crippen LogP contribution in [0.4, 0.5) is 10.1 Å². The lowest BCUT2D eigenvalue weighted by Crippen LogP contribution is -2.24. The predicted octanol–water partition coefficient (Wildman–Crippen LogP) is 2.94. The first kappa shape index (κ1) is 13.9. The minimum absolute atomic E-state index is 0.222. The van der Waals surface area contributed by atoms with Crippen molar-refractivity contribution < 1.29 is 4.39 Å². The number of hydrogen-bond acceptors (Lipinski definition) is 2. The molecule has 2 nitrogen and oxygen atoms in total. The van der Waals surface area contributed by atoms with E-state index in [1.165, 1.54) is 6.07 Å². The van der Waals surface area contributed by atoms with Crippen LogP contribution in [0.5, 0.6) is 0 Å². The van der Waals surface area contributed by atoms with Gasteiger partial charge in [0.15, 0.2) is 0 Å². The van der Waals surface area contributed by atoms with Crippen LogP contribution in [0.2, 0.25) is 0 Å². The van der Waals surface area contributed by atoms with E-state index in [1.807, 2.05) is 11.9 Å². The Kier molecular flexibility index (Phi) is 4.87. The Bertz CT molecular complexity index is 406. The third-order valence-electron chi connectivity index (χ3n) is 2.93. The number of anilines is 1. The molecule has 0 aliphatic carbocycles. The van der Waals surface area contributed by atoms with E-state index >= 15 is 0 Å². The highest BCUT2D eigenvalue weighted by Gasteiger charge is 2.11. The number of halogens is 1. The SMILES string of the molecule is CCC(C)CN(C)c1ccc(C(N)=S)cc1F. The van der Waals surface area contributed by atoms with E-state index in [1.54, 1.807) is 12.1 Å². The van der Waals surface area contributed by atoms with Crippen LogP contribution in [0.25, 0.3) is 0 Å². The molecular formula is C13H19FN2S. The molecule has 0 aliphatic heterocycles. The van der Waals surface area contributed by atoms with Crippen molar-refractivity contribution in [1.82, 2.24) is 0 Å². The maximum absolute atomic E-state index is 13.9. The van der Waals surface area contributed by atoms with Crippen LogP contribution >= 0.6 is 12.2 Å². The zero-order valence-corrected chi connectivity index (χ0v) is 11.4. The second kappa shape index (κ2) is 5.96. The van der Waals surface area contributed by atoms with Gasteiger partial charge in [-0.05, 0) is 24.1 Å². The Balaban J connectivity index is 2.88. The van der Waals surface area contributed by atoms with Crippen LogP contribution in [0.15, 0.2) is 18.2 Å². The van der Waals surface area contributed by atoms with Crippen molar-refractivity contribution in [3.8, 4) is 0 Å². The van der Waals surface area contributed by atoms with Gasteiger partial charge < -0.3 is 10.6 Å². The van der Waals surface area contributed by atoms with Crippen molar-refractivity contribution in [3.63, 3.8) is 0 Å². The van der Waals surface area contributed by atoms with Crippen LogP contribution in [-0.4, -0.2) is 18.6 Å². The fourth-order valence-electron chi connectivity index (χ4n) is 1.66. The molecule has 1 rings (SSSR count). The largest absolute Gasteiger partial charge is 0.389 e. The highest BCUT2D eigenvalue weighted by molar-refractivity contribution is 7.80. The summed E-state index contributed by atoms with van der Waals surface area (Å²) >= 11 is 4.82. The highest BCUT2D eigenvalue weighted by Crippen LogP contribution is 2.20. The summed E-state index contributed by atoms with van der Waals surface area (Å²) in [6.45, 7) is 5.11. The molecule has 1 unspecified atom stereocenters. The van der Waals surface area contributed by atoms with Crippen LogP contribution in [0, 0.1) is 11.7 Å². The number of hydrogen-bond donors (Lipinski definition) is 1. The summed E-state index contributed by atoms with van der Waals surface area (Å²) < 4.78 is 13.9. The van der Waals surface area contributed by atoms with Crippen molar-refractivity contribution >= 4 is 22.9 Å². The number of nitrogens with zero attached hydrogens (tertiary/aromatic N) is 1. The van der Waals surface area contributed by atoms with Gasteiger partial charge in [-0.15, -0.1) is 0 Å². The predicted molar refractivity (Wildman–Crippen MR) is 75.0 cm³/mol. The van der Waals surface area contributed by atoms with E-state index in [0.29, 0.717) is 17.2 Å². The van der Waals surface area contributed by atoms with E-state index in [0.717, 1.165) is 13.0 Å². The van der Waals surface area contributed by atoms with Crippen molar-refractivity contribution in [2.45, 2.75) is 20.3 Å². The lowest BCUT2D eigenvalue weighted by molar-refractivity contribution is 0.550. The van der Waals surface area contributed by atoms with Crippen molar-refractivity contribution in [1.29, 1.82) is 0 Å². The summed E-state index contributed by atoms with van der Waals surface area (Å²) in [5.41, 5.74) is 6.62. The Labute approximate surface area is 108 Å². The van der Waals surface area contributed by atoms with E-state index in [9.17, 15) is 4.39 Å². The van der Waals surface area contributed by atoms with Crippen molar-refractivity contribution in [3.05, 3.63) is 29.6 Å². The van der Waals surface area contributed by atoms with Crippen molar-refractivity contribution in [2.24, 2.45) is 11.7 Å². The molecule has 1 aromatic rings. The van der Waals surface area contributed by atoms with Gasteiger partial charge in [0.1, 0.15) is 10.8 Å². The normalized spacial score (nSPS) is 12.2. The second-order valence-electron chi connectivity index (χ2n) is 4.42. The molecule has 1 aromatic carbocycles. The number of nitrogens with two attached hydrogens (primary N) is 1. The van der Waals surface area contributed by atoms with Gasteiger partial charge >= 0.3 is 0 Å². The van der Waals surface area contributed by atoms with Crippen molar-refractivity contribution in [2.75, 3.05) is 18.5 Å². The highest BCUT2D eigenvalue weighted by atomic mass is 32.1.